The number of nitrogens with zero attached hydrogens (tertiary/aromatic N) is 3. The first-order valence-corrected chi connectivity index (χ1v) is 8.29. The molecule has 3 N–H and O–H groups in total. The average Bonchev–Trinajstić information content (AvgIpc) is 2.67. The van der Waals surface area contributed by atoms with Crippen molar-refractivity contribution in [1.82, 2.24) is 4.98 Å². The Morgan fingerprint density at radius 1 is 1.11 bits per heavy atom. The van der Waals surface area contributed by atoms with Crippen LogP contribution in [0.25, 0.3) is 0 Å². The van der Waals surface area contributed by atoms with Gasteiger partial charge in [-0.15, -0.1) is 0 Å². The Labute approximate surface area is 164 Å². The van der Waals surface area contributed by atoms with Crippen molar-refractivity contribution in [2.75, 3.05) is 29.0 Å². The molecule has 144 valence electrons. The minimum Gasteiger partial charge on any atom is -0.382 e. The highest BCUT2D eigenvalue weighted by Crippen LogP contribution is 2.32. The second-order valence-electron chi connectivity index (χ2n) is 5.38. The molecule has 0 aliphatic carbocycles. The van der Waals surface area contributed by atoms with E-state index in [9.17, 15) is 13.2 Å². The van der Waals surface area contributed by atoms with Crippen molar-refractivity contribution in [2.45, 2.75) is 6.18 Å². The maximum absolute atomic E-state index is 12.6. The summed E-state index contributed by atoms with van der Waals surface area (Å²) in [5.41, 5.74) is 0.376. The van der Waals surface area contributed by atoms with E-state index in [1.807, 2.05) is 0 Å². The molecule has 0 aliphatic heterocycles. The minimum absolute atomic E-state index is 0.0699. The number of hydrogen-bond acceptors (Lipinski definition) is 6. The number of alkyl halides is 3. The van der Waals surface area contributed by atoms with Crippen LogP contribution in [-0.2, 0) is 6.18 Å². The van der Waals surface area contributed by atoms with Crippen LogP contribution in [0.15, 0.2) is 48.3 Å². The third-order valence-electron chi connectivity index (χ3n) is 3.44. The van der Waals surface area contributed by atoms with E-state index in [-0.39, 0.29) is 16.4 Å². The number of anilines is 3. The smallest absolute Gasteiger partial charge is 0.382 e. The van der Waals surface area contributed by atoms with E-state index in [2.05, 4.69) is 20.9 Å². The highest BCUT2D eigenvalue weighted by atomic mass is 35.5. The number of aromatic nitrogens is 1. The van der Waals surface area contributed by atoms with Gasteiger partial charge in [-0.3, -0.25) is 0 Å². The number of nitrogens with one attached hydrogen (secondary N) is 3. The summed E-state index contributed by atoms with van der Waals surface area (Å²) in [5, 5.41) is 26.2. The molecule has 2 rings (SSSR count). The fourth-order valence-corrected chi connectivity index (χ4v) is 2.34. The summed E-state index contributed by atoms with van der Waals surface area (Å²) in [6, 6.07) is 11.4. The summed E-state index contributed by atoms with van der Waals surface area (Å²) < 4.78 is 37.8. The number of rotatable bonds is 7. The molecular formula is C18H14ClF3N6. The number of halogens is 4. The summed E-state index contributed by atoms with van der Waals surface area (Å²) in [6.07, 6.45) is -2.49. The van der Waals surface area contributed by atoms with Crippen molar-refractivity contribution < 1.29 is 13.2 Å². The zero-order chi connectivity index (χ0) is 20.6. The number of hydrogen-bond donors (Lipinski definition) is 3. The second kappa shape index (κ2) is 9.49. The molecule has 0 aliphatic rings. The van der Waals surface area contributed by atoms with Crippen LogP contribution in [0.3, 0.4) is 0 Å². The van der Waals surface area contributed by atoms with Crippen LogP contribution in [0.5, 0.6) is 0 Å². The van der Waals surface area contributed by atoms with Gasteiger partial charge in [0.15, 0.2) is 0 Å². The predicted molar refractivity (Wildman–Crippen MR) is 101 cm³/mol. The molecule has 0 spiro atoms. The molecule has 0 atom stereocenters. The van der Waals surface area contributed by atoms with Crippen molar-refractivity contribution in [3.8, 4) is 12.1 Å². The Bertz CT molecular complexity index is 928. The Balaban J connectivity index is 1.94. The van der Waals surface area contributed by atoms with Gasteiger partial charge in [-0.1, -0.05) is 23.7 Å². The molecule has 0 bridgehead atoms. The molecule has 1 heterocycles. The normalized spacial score (nSPS) is 10.4. The quantitative estimate of drug-likeness (QED) is 0.458. The van der Waals surface area contributed by atoms with Crippen LogP contribution in [0.2, 0.25) is 5.02 Å². The zero-order valence-electron chi connectivity index (χ0n) is 14.3. The number of para-hydroxylation sites is 2. The van der Waals surface area contributed by atoms with Crippen LogP contribution in [-0.4, -0.2) is 18.1 Å². The molecule has 1 aromatic carbocycles. The fourth-order valence-electron chi connectivity index (χ4n) is 2.10. The summed E-state index contributed by atoms with van der Waals surface area (Å²) in [7, 11) is 0. The third-order valence-corrected chi connectivity index (χ3v) is 3.73. The summed E-state index contributed by atoms with van der Waals surface area (Å²) >= 11 is 5.84. The molecule has 0 unspecified atom stereocenters. The van der Waals surface area contributed by atoms with Gasteiger partial charge in [-0.05, 0) is 18.2 Å². The number of allylic oxidation sites excluding steroid dienone is 1. The van der Waals surface area contributed by atoms with E-state index in [0.717, 1.165) is 12.3 Å². The molecule has 0 radical (unpaired) electrons. The Hall–Kier alpha value is -3.43. The SMILES string of the molecule is N#CC(C#N)=CNc1ccccc1NCCNc1ncc(C(F)(F)F)cc1Cl. The Morgan fingerprint density at radius 3 is 2.36 bits per heavy atom. The summed E-state index contributed by atoms with van der Waals surface area (Å²) in [6.45, 7) is 0.745. The van der Waals surface area contributed by atoms with Crippen molar-refractivity contribution in [1.29, 1.82) is 10.5 Å². The van der Waals surface area contributed by atoms with Gasteiger partial charge in [0, 0.05) is 25.5 Å². The number of nitriles is 2. The third kappa shape index (κ3) is 5.79. The van der Waals surface area contributed by atoms with Crippen LogP contribution in [0.4, 0.5) is 30.4 Å². The van der Waals surface area contributed by atoms with Gasteiger partial charge in [-0.2, -0.15) is 23.7 Å². The van der Waals surface area contributed by atoms with Crippen molar-refractivity contribution >= 4 is 28.8 Å². The lowest BCUT2D eigenvalue weighted by molar-refractivity contribution is -0.137. The van der Waals surface area contributed by atoms with E-state index < -0.39 is 11.7 Å². The lowest BCUT2D eigenvalue weighted by atomic mass is 10.2. The first kappa shape index (κ1) is 20.9. The Kier molecular flexibility index (Phi) is 7.08. The maximum atomic E-state index is 12.6. The zero-order valence-corrected chi connectivity index (χ0v) is 15.1. The minimum atomic E-state index is -4.50. The molecule has 0 saturated heterocycles. The first-order valence-electron chi connectivity index (χ1n) is 7.91. The van der Waals surface area contributed by atoms with Gasteiger partial charge in [0.2, 0.25) is 0 Å². The second-order valence-corrected chi connectivity index (χ2v) is 5.78. The molecule has 10 heteroatoms. The topological polar surface area (TPSA) is 96.6 Å². The molecule has 28 heavy (non-hydrogen) atoms. The van der Waals surface area contributed by atoms with Gasteiger partial charge < -0.3 is 16.0 Å². The van der Waals surface area contributed by atoms with E-state index in [1.165, 1.54) is 6.20 Å². The molecule has 2 aromatic rings. The molecule has 1 aromatic heterocycles. The van der Waals surface area contributed by atoms with Gasteiger partial charge in [0.1, 0.15) is 23.5 Å². The van der Waals surface area contributed by atoms with Crippen LogP contribution < -0.4 is 16.0 Å². The fraction of sp³-hybridized carbons (Fsp3) is 0.167. The molecular weight excluding hydrogens is 393 g/mol. The number of pyridine rings is 1. The predicted octanol–water partition coefficient (Wildman–Crippen LogP) is 4.62. The summed E-state index contributed by atoms with van der Waals surface area (Å²) in [4.78, 5) is 3.70. The summed E-state index contributed by atoms with van der Waals surface area (Å²) in [5.74, 6) is 0.151. The highest BCUT2D eigenvalue weighted by molar-refractivity contribution is 6.32. The van der Waals surface area contributed by atoms with Crippen LogP contribution in [0, 0.1) is 22.7 Å². The van der Waals surface area contributed by atoms with Crippen LogP contribution in [0.1, 0.15) is 5.56 Å². The maximum Gasteiger partial charge on any atom is 0.417 e. The molecule has 0 amide bonds. The van der Waals surface area contributed by atoms with E-state index in [0.29, 0.717) is 24.5 Å². The standard InChI is InChI=1S/C18H14ClF3N6/c19-14-7-13(18(20,21)22)11-28-17(14)26-6-5-25-15-3-1-2-4-16(15)27-10-12(8-23)9-24/h1-4,7,10-11,25,27H,5-6H2,(H,26,28). The van der Waals surface area contributed by atoms with Crippen molar-refractivity contribution in [3.05, 3.63) is 58.9 Å². The van der Waals surface area contributed by atoms with Crippen LogP contribution >= 0.6 is 11.6 Å². The molecule has 0 saturated carbocycles. The Morgan fingerprint density at radius 2 is 1.75 bits per heavy atom. The van der Waals surface area contributed by atoms with Gasteiger partial charge in [-0.25, -0.2) is 4.98 Å². The molecule has 0 fully saturated rings. The van der Waals surface area contributed by atoms with Gasteiger partial charge >= 0.3 is 6.18 Å². The van der Waals surface area contributed by atoms with E-state index in [1.54, 1.807) is 36.4 Å². The number of benzene rings is 1. The van der Waals surface area contributed by atoms with Gasteiger partial charge in [0.05, 0.1) is 22.0 Å². The lowest BCUT2D eigenvalue weighted by Gasteiger charge is -2.13. The van der Waals surface area contributed by atoms with Gasteiger partial charge in [0.25, 0.3) is 0 Å². The largest absolute Gasteiger partial charge is 0.417 e. The molecule has 6 nitrogen and oxygen atoms in total. The van der Waals surface area contributed by atoms with Crippen molar-refractivity contribution in [3.63, 3.8) is 0 Å². The lowest BCUT2D eigenvalue weighted by Crippen LogP contribution is -2.15. The monoisotopic (exact) mass is 406 g/mol. The highest BCUT2D eigenvalue weighted by Gasteiger charge is 2.31. The van der Waals surface area contributed by atoms with E-state index in [4.69, 9.17) is 22.1 Å². The van der Waals surface area contributed by atoms with E-state index >= 15 is 0 Å². The average molecular weight is 407 g/mol. The van der Waals surface area contributed by atoms with Crippen molar-refractivity contribution in [2.24, 2.45) is 0 Å². The first-order chi connectivity index (χ1) is 13.3.